The van der Waals surface area contributed by atoms with Crippen LogP contribution in [0.4, 0.5) is 14.5 Å². The smallest absolute Gasteiger partial charge is 0.128 e. The summed E-state index contributed by atoms with van der Waals surface area (Å²) >= 11 is 0. The van der Waals surface area contributed by atoms with Gasteiger partial charge < -0.3 is 10.2 Å². The lowest BCUT2D eigenvalue weighted by Crippen LogP contribution is -2.54. The Morgan fingerprint density at radius 1 is 1.19 bits per heavy atom. The van der Waals surface area contributed by atoms with E-state index in [2.05, 4.69) is 12.2 Å². The minimum atomic E-state index is -0.520. The van der Waals surface area contributed by atoms with Gasteiger partial charge in [0, 0.05) is 36.9 Å². The highest BCUT2D eigenvalue weighted by molar-refractivity contribution is 5.48. The molecule has 16 heavy (non-hydrogen) atoms. The normalized spacial score (nSPS) is 25.9. The van der Waals surface area contributed by atoms with Crippen molar-refractivity contribution in [1.29, 1.82) is 0 Å². The summed E-state index contributed by atoms with van der Waals surface area (Å²) in [5, 5.41) is 3.33. The Bertz CT molecular complexity index is 361. The maximum Gasteiger partial charge on any atom is 0.128 e. The monoisotopic (exact) mass is 226 g/mol. The fourth-order valence-corrected chi connectivity index (χ4v) is 2.09. The van der Waals surface area contributed by atoms with Gasteiger partial charge in [0.15, 0.2) is 0 Å². The summed E-state index contributed by atoms with van der Waals surface area (Å²) in [6, 6.07) is 4.26. The van der Waals surface area contributed by atoms with Gasteiger partial charge in [-0.1, -0.05) is 0 Å². The van der Waals surface area contributed by atoms with Crippen molar-refractivity contribution >= 4 is 5.69 Å². The summed E-state index contributed by atoms with van der Waals surface area (Å²) in [5.41, 5.74) is 0.623. The fraction of sp³-hybridized carbons (Fsp3) is 0.500. The van der Waals surface area contributed by atoms with Crippen molar-refractivity contribution in [3.8, 4) is 0 Å². The Morgan fingerprint density at radius 3 is 2.44 bits per heavy atom. The molecule has 1 fully saturated rings. The Hall–Kier alpha value is -1.16. The predicted octanol–water partition coefficient (Wildman–Crippen LogP) is 2.15. The first-order valence-corrected chi connectivity index (χ1v) is 5.52. The van der Waals surface area contributed by atoms with Crippen molar-refractivity contribution in [3.05, 3.63) is 29.8 Å². The molecule has 2 atom stereocenters. The Balaban J connectivity index is 2.27. The van der Waals surface area contributed by atoms with E-state index in [0.29, 0.717) is 11.7 Å². The Kier molecular flexibility index (Phi) is 3.10. The molecule has 2 unspecified atom stereocenters. The first-order chi connectivity index (χ1) is 7.56. The van der Waals surface area contributed by atoms with Gasteiger partial charge in [0.25, 0.3) is 0 Å². The van der Waals surface area contributed by atoms with Crippen molar-refractivity contribution < 1.29 is 8.78 Å². The van der Waals surface area contributed by atoms with Gasteiger partial charge in [-0.05, 0) is 26.0 Å². The number of hydrogen-bond donors (Lipinski definition) is 1. The summed E-state index contributed by atoms with van der Waals surface area (Å²) in [7, 11) is 0. The van der Waals surface area contributed by atoms with E-state index >= 15 is 0 Å². The molecule has 2 nitrogen and oxygen atoms in total. The van der Waals surface area contributed by atoms with Crippen molar-refractivity contribution in [2.45, 2.75) is 25.9 Å². The molecule has 0 radical (unpaired) electrons. The van der Waals surface area contributed by atoms with Crippen molar-refractivity contribution in [1.82, 2.24) is 5.32 Å². The van der Waals surface area contributed by atoms with Gasteiger partial charge in [-0.2, -0.15) is 0 Å². The topological polar surface area (TPSA) is 15.3 Å². The third-order valence-corrected chi connectivity index (χ3v) is 2.94. The highest BCUT2D eigenvalue weighted by atomic mass is 19.1. The molecule has 1 N–H and O–H groups in total. The minimum absolute atomic E-state index is 0.248. The van der Waals surface area contributed by atoms with Crippen molar-refractivity contribution in [2.75, 3.05) is 18.0 Å². The van der Waals surface area contributed by atoms with E-state index in [-0.39, 0.29) is 6.04 Å². The van der Waals surface area contributed by atoms with Gasteiger partial charge in [0.2, 0.25) is 0 Å². The molecular weight excluding hydrogens is 210 g/mol. The van der Waals surface area contributed by atoms with Crippen molar-refractivity contribution in [3.63, 3.8) is 0 Å². The molecule has 1 aliphatic rings. The predicted molar refractivity (Wildman–Crippen MR) is 60.6 cm³/mol. The molecule has 4 heteroatoms. The first kappa shape index (κ1) is 11.3. The van der Waals surface area contributed by atoms with Gasteiger partial charge in [-0.15, -0.1) is 0 Å². The average molecular weight is 226 g/mol. The molecule has 0 saturated carbocycles. The third kappa shape index (κ3) is 2.32. The van der Waals surface area contributed by atoms with Crippen LogP contribution in [0.2, 0.25) is 0 Å². The summed E-state index contributed by atoms with van der Waals surface area (Å²) in [6.45, 7) is 5.71. The molecule has 88 valence electrons. The molecule has 1 heterocycles. The second kappa shape index (κ2) is 4.37. The van der Waals surface area contributed by atoms with E-state index < -0.39 is 11.6 Å². The van der Waals surface area contributed by atoms with E-state index in [1.807, 2.05) is 11.8 Å². The van der Waals surface area contributed by atoms with Crippen molar-refractivity contribution in [2.24, 2.45) is 0 Å². The molecule has 0 aliphatic carbocycles. The second-order valence-corrected chi connectivity index (χ2v) is 4.44. The summed E-state index contributed by atoms with van der Waals surface area (Å²) in [6.07, 6.45) is 0. The molecule has 2 rings (SSSR count). The van der Waals surface area contributed by atoms with Crippen LogP contribution in [0.5, 0.6) is 0 Å². The molecule has 1 aliphatic heterocycles. The van der Waals surface area contributed by atoms with E-state index in [0.717, 1.165) is 19.2 Å². The maximum absolute atomic E-state index is 13.1. The number of halogens is 2. The van der Waals surface area contributed by atoms with Gasteiger partial charge in [0.1, 0.15) is 11.6 Å². The number of benzene rings is 1. The lowest BCUT2D eigenvalue weighted by atomic mass is 10.1. The number of anilines is 1. The molecule has 0 amide bonds. The number of hydrogen-bond acceptors (Lipinski definition) is 2. The number of rotatable bonds is 1. The Labute approximate surface area is 94.3 Å². The van der Waals surface area contributed by atoms with Crippen LogP contribution in [0, 0.1) is 11.6 Å². The zero-order chi connectivity index (χ0) is 11.7. The van der Waals surface area contributed by atoms with E-state index in [4.69, 9.17) is 0 Å². The molecule has 1 aromatic carbocycles. The van der Waals surface area contributed by atoms with E-state index in [9.17, 15) is 8.78 Å². The molecule has 0 aromatic heterocycles. The van der Waals surface area contributed by atoms with Crippen LogP contribution in [0.25, 0.3) is 0 Å². The lowest BCUT2D eigenvalue weighted by molar-refractivity contribution is 0.424. The Morgan fingerprint density at radius 2 is 1.81 bits per heavy atom. The SMILES string of the molecule is CC1CN(c2cc(F)cc(F)c2)C(C)CN1. The average Bonchev–Trinajstić information content (AvgIpc) is 2.20. The molecule has 1 saturated heterocycles. The van der Waals surface area contributed by atoms with Gasteiger partial charge in [-0.25, -0.2) is 8.78 Å². The van der Waals surface area contributed by atoms with Crippen LogP contribution in [-0.4, -0.2) is 25.2 Å². The molecule has 0 spiro atoms. The lowest BCUT2D eigenvalue weighted by Gasteiger charge is -2.39. The van der Waals surface area contributed by atoms with Crippen LogP contribution >= 0.6 is 0 Å². The number of nitrogens with one attached hydrogen (secondary N) is 1. The van der Waals surface area contributed by atoms with Gasteiger partial charge >= 0.3 is 0 Å². The van der Waals surface area contributed by atoms with E-state index in [1.54, 1.807) is 0 Å². The fourth-order valence-electron chi connectivity index (χ4n) is 2.09. The summed E-state index contributed by atoms with van der Waals surface area (Å²) < 4.78 is 26.2. The summed E-state index contributed by atoms with van der Waals surface area (Å²) in [5.74, 6) is -1.04. The zero-order valence-corrected chi connectivity index (χ0v) is 9.50. The second-order valence-electron chi connectivity index (χ2n) is 4.44. The van der Waals surface area contributed by atoms with Crippen LogP contribution < -0.4 is 10.2 Å². The van der Waals surface area contributed by atoms with Gasteiger partial charge in [-0.3, -0.25) is 0 Å². The van der Waals surface area contributed by atoms with Crippen LogP contribution in [0.15, 0.2) is 18.2 Å². The molecule has 0 bridgehead atoms. The van der Waals surface area contributed by atoms with E-state index in [1.165, 1.54) is 12.1 Å². The van der Waals surface area contributed by atoms with Crippen LogP contribution in [-0.2, 0) is 0 Å². The minimum Gasteiger partial charge on any atom is -0.366 e. The molecule has 1 aromatic rings. The van der Waals surface area contributed by atoms with Crippen LogP contribution in [0.1, 0.15) is 13.8 Å². The highest BCUT2D eigenvalue weighted by Crippen LogP contribution is 2.22. The zero-order valence-electron chi connectivity index (χ0n) is 9.50. The third-order valence-electron chi connectivity index (χ3n) is 2.94. The first-order valence-electron chi connectivity index (χ1n) is 5.52. The summed E-state index contributed by atoms with van der Waals surface area (Å²) in [4.78, 5) is 2.04. The quantitative estimate of drug-likeness (QED) is 0.789. The standard InChI is InChI=1S/C12H16F2N2/c1-8-7-16(9(2)6-15-8)12-4-10(13)3-11(14)5-12/h3-5,8-9,15H,6-7H2,1-2H3. The highest BCUT2D eigenvalue weighted by Gasteiger charge is 2.23. The van der Waals surface area contributed by atoms with Crippen LogP contribution in [0.3, 0.4) is 0 Å². The molecular formula is C12H16F2N2. The number of nitrogens with zero attached hydrogens (tertiary/aromatic N) is 1. The largest absolute Gasteiger partial charge is 0.366 e. The van der Waals surface area contributed by atoms with Gasteiger partial charge in [0.05, 0.1) is 0 Å². The number of piperazine rings is 1. The maximum atomic E-state index is 13.1.